The zero-order chi connectivity index (χ0) is 16.9. The number of anilines is 1. The zero-order valence-corrected chi connectivity index (χ0v) is 13.2. The van der Waals surface area contributed by atoms with Crippen LogP contribution in [-0.4, -0.2) is 24.3 Å². The summed E-state index contributed by atoms with van der Waals surface area (Å²) < 4.78 is 18.5. The molecule has 5 nitrogen and oxygen atoms in total. The van der Waals surface area contributed by atoms with Gasteiger partial charge in [0, 0.05) is 6.42 Å². The predicted molar refractivity (Wildman–Crippen MR) is 88.7 cm³/mol. The van der Waals surface area contributed by atoms with Crippen molar-refractivity contribution in [2.24, 2.45) is 5.16 Å². The maximum absolute atomic E-state index is 13.0. The van der Waals surface area contributed by atoms with Crippen molar-refractivity contribution in [3.63, 3.8) is 0 Å². The third-order valence-electron chi connectivity index (χ3n) is 3.58. The Morgan fingerprint density at radius 2 is 2.04 bits per heavy atom. The number of oxime groups is 1. The number of hydrogen-bond acceptors (Lipinski definition) is 4. The number of amides is 1. The minimum Gasteiger partial charge on any atom is -0.492 e. The standard InChI is InChI=1S/C18H17FN2O3/c1-2-23-16-6-4-3-5-14(16)20-18(22)17-11-15(21-24-17)12-7-9-13(19)10-8-12/h3-10,17H,2,11H2,1H3,(H,20,22)/t17-/m0/s1. The summed E-state index contributed by atoms with van der Waals surface area (Å²) in [6.45, 7) is 2.38. The van der Waals surface area contributed by atoms with Crippen molar-refractivity contribution >= 4 is 17.3 Å². The molecule has 0 bridgehead atoms. The van der Waals surface area contributed by atoms with Crippen molar-refractivity contribution in [3.8, 4) is 5.75 Å². The van der Waals surface area contributed by atoms with Crippen LogP contribution in [0.5, 0.6) is 5.75 Å². The van der Waals surface area contributed by atoms with Crippen LogP contribution in [0.4, 0.5) is 10.1 Å². The summed E-state index contributed by atoms with van der Waals surface area (Å²) in [5, 5.41) is 6.74. The summed E-state index contributed by atoms with van der Waals surface area (Å²) in [5.41, 5.74) is 1.94. The average Bonchev–Trinajstić information content (AvgIpc) is 3.08. The first-order chi connectivity index (χ1) is 11.7. The van der Waals surface area contributed by atoms with Gasteiger partial charge in [0.25, 0.3) is 5.91 Å². The van der Waals surface area contributed by atoms with E-state index >= 15 is 0 Å². The molecule has 1 aliphatic rings. The number of nitrogens with zero attached hydrogens (tertiary/aromatic N) is 1. The second kappa shape index (κ2) is 7.12. The van der Waals surface area contributed by atoms with Crippen LogP contribution < -0.4 is 10.1 Å². The second-order valence-corrected chi connectivity index (χ2v) is 5.26. The van der Waals surface area contributed by atoms with Crippen molar-refractivity contribution in [1.29, 1.82) is 0 Å². The fraction of sp³-hybridized carbons (Fsp3) is 0.222. The molecule has 0 fully saturated rings. The summed E-state index contributed by atoms with van der Waals surface area (Å²) in [5.74, 6) is -0.0193. The molecule has 1 N–H and O–H groups in total. The molecule has 0 spiro atoms. The monoisotopic (exact) mass is 328 g/mol. The van der Waals surface area contributed by atoms with Crippen molar-refractivity contribution in [2.75, 3.05) is 11.9 Å². The van der Waals surface area contributed by atoms with E-state index in [-0.39, 0.29) is 11.7 Å². The van der Waals surface area contributed by atoms with Crippen LogP contribution in [-0.2, 0) is 9.63 Å². The Kier molecular flexibility index (Phi) is 4.74. The molecule has 124 valence electrons. The number of benzene rings is 2. The molecule has 1 aliphatic heterocycles. The molecule has 2 aromatic carbocycles. The average molecular weight is 328 g/mol. The maximum atomic E-state index is 13.0. The molecule has 2 aromatic rings. The molecule has 0 radical (unpaired) electrons. The van der Waals surface area contributed by atoms with Gasteiger partial charge in [-0.05, 0) is 36.8 Å². The van der Waals surface area contributed by atoms with Gasteiger partial charge in [0.05, 0.1) is 18.0 Å². The Labute approximate surface area is 139 Å². The molecule has 0 aliphatic carbocycles. The molecule has 6 heteroatoms. The lowest BCUT2D eigenvalue weighted by Gasteiger charge is -2.13. The molecule has 24 heavy (non-hydrogen) atoms. The molecule has 1 amide bonds. The molecule has 3 rings (SSSR count). The van der Waals surface area contributed by atoms with Gasteiger partial charge in [0.15, 0.2) is 0 Å². The summed E-state index contributed by atoms with van der Waals surface area (Å²) in [6.07, 6.45) is -0.395. The number of halogens is 1. The molecule has 0 aromatic heterocycles. The highest BCUT2D eigenvalue weighted by molar-refractivity contribution is 6.06. The lowest BCUT2D eigenvalue weighted by molar-refractivity contribution is -0.125. The number of ether oxygens (including phenoxy) is 1. The van der Waals surface area contributed by atoms with Gasteiger partial charge in [-0.3, -0.25) is 4.79 Å². The van der Waals surface area contributed by atoms with Gasteiger partial charge < -0.3 is 14.9 Å². The Morgan fingerprint density at radius 3 is 2.79 bits per heavy atom. The van der Waals surface area contributed by atoms with Gasteiger partial charge >= 0.3 is 0 Å². The number of para-hydroxylation sites is 2. The van der Waals surface area contributed by atoms with E-state index in [1.807, 2.05) is 19.1 Å². The van der Waals surface area contributed by atoms with Crippen LogP contribution in [0.2, 0.25) is 0 Å². The number of hydrogen-bond donors (Lipinski definition) is 1. The quantitative estimate of drug-likeness (QED) is 0.915. The lowest BCUT2D eigenvalue weighted by Crippen LogP contribution is -2.28. The van der Waals surface area contributed by atoms with Crippen molar-refractivity contribution in [3.05, 3.63) is 59.9 Å². The number of rotatable bonds is 5. The van der Waals surface area contributed by atoms with E-state index in [1.165, 1.54) is 12.1 Å². The zero-order valence-electron chi connectivity index (χ0n) is 13.2. The Bertz CT molecular complexity index is 759. The Morgan fingerprint density at radius 1 is 1.29 bits per heavy atom. The van der Waals surface area contributed by atoms with Crippen LogP contribution in [0.1, 0.15) is 18.9 Å². The SMILES string of the molecule is CCOc1ccccc1NC(=O)[C@@H]1CC(c2ccc(F)cc2)=NO1. The van der Waals surface area contributed by atoms with Crippen molar-refractivity contribution in [1.82, 2.24) is 0 Å². The van der Waals surface area contributed by atoms with Gasteiger partial charge in [-0.15, -0.1) is 0 Å². The predicted octanol–water partition coefficient (Wildman–Crippen LogP) is 3.36. The third-order valence-corrected chi connectivity index (χ3v) is 3.58. The van der Waals surface area contributed by atoms with Gasteiger partial charge in [-0.25, -0.2) is 4.39 Å². The molecular weight excluding hydrogens is 311 g/mol. The first-order valence-electron chi connectivity index (χ1n) is 7.68. The van der Waals surface area contributed by atoms with E-state index in [4.69, 9.17) is 9.57 Å². The first-order valence-corrected chi connectivity index (χ1v) is 7.68. The number of carbonyl (C=O) groups is 1. The minimum atomic E-state index is -0.722. The normalized spacial score (nSPS) is 16.2. The van der Waals surface area contributed by atoms with Gasteiger partial charge in [0.2, 0.25) is 6.10 Å². The molecule has 0 saturated carbocycles. The summed E-state index contributed by atoms with van der Waals surface area (Å²) in [6, 6.07) is 13.1. The second-order valence-electron chi connectivity index (χ2n) is 5.26. The molecular formula is C18H17FN2O3. The van der Waals surface area contributed by atoms with Gasteiger partial charge in [-0.1, -0.05) is 29.4 Å². The maximum Gasteiger partial charge on any atom is 0.268 e. The number of nitrogens with one attached hydrogen (secondary N) is 1. The molecule has 1 heterocycles. The summed E-state index contributed by atoms with van der Waals surface area (Å²) >= 11 is 0. The van der Waals surface area contributed by atoms with E-state index in [2.05, 4.69) is 10.5 Å². The topological polar surface area (TPSA) is 59.9 Å². The van der Waals surface area contributed by atoms with E-state index < -0.39 is 6.10 Å². The van der Waals surface area contributed by atoms with E-state index in [1.54, 1.807) is 24.3 Å². The van der Waals surface area contributed by atoms with Gasteiger partial charge in [-0.2, -0.15) is 0 Å². The van der Waals surface area contributed by atoms with Crippen LogP contribution in [0.3, 0.4) is 0 Å². The summed E-state index contributed by atoms with van der Waals surface area (Å²) in [4.78, 5) is 17.6. The largest absolute Gasteiger partial charge is 0.492 e. The van der Waals surface area contributed by atoms with Crippen molar-refractivity contribution in [2.45, 2.75) is 19.4 Å². The molecule has 1 atom stereocenters. The smallest absolute Gasteiger partial charge is 0.268 e. The van der Waals surface area contributed by atoms with E-state index in [0.29, 0.717) is 30.2 Å². The highest BCUT2D eigenvalue weighted by atomic mass is 19.1. The Hall–Kier alpha value is -2.89. The van der Waals surface area contributed by atoms with Crippen LogP contribution >= 0.6 is 0 Å². The summed E-state index contributed by atoms with van der Waals surface area (Å²) in [7, 11) is 0. The first kappa shape index (κ1) is 16.0. The number of carbonyl (C=O) groups excluding carboxylic acids is 1. The Balaban J connectivity index is 1.65. The lowest BCUT2D eigenvalue weighted by atomic mass is 10.0. The third kappa shape index (κ3) is 3.53. The van der Waals surface area contributed by atoms with Crippen LogP contribution in [0, 0.1) is 5.82 Å². The highest BCUT2D eigenvalue weighted by Crippen LogP contribution is 2.25. The fourth-order valence-electron chi connectivity index (χ4n) is 2.40. The van der Waals surface area contributed by atoms with E-state index in [9.17, 15) is 9.18 Å². The fourth-order valence-corrected chi connectivity index (χ4v) is 2.40. The minimum absolute atomic E-state index is 0.303. The van der Waals surface area contributed by atoms with Crippen molar-refractivity contribution < 1.29 is 18.8 Å². The molecule has 0 saturated heterocycles. The van der Waals surface area contributed by atoms with Crippen LogP contribution in [0.15, 0.2) is 53.7 Å². The van der Waals surface area contributed by atoms with E-state index in [0.717, 1.165) is 5.56 Å². The van der Waals surface area contributed by atoms with Crippen LogP contribution in [0.25, 0.3) is 0 Å². The highest BCUT2D eigenvalue weighted by Gasteiger charge is 2.29. The molecule has 0 unspecified atom stereocenters. The van der Waals surface area contributed by atoms with Gasteiger partial charge in [0.1, 0.15) is 11.6 Å².